The van der Waals surface area contributed by atoms with Gasteiger partial charge in [-0.15, -0.1) is 0 Å². The normalized spacial score (nSPS) is 16.0. The first-order chi connectivity index (χ1) is 7.47. The number of halogens is 3. The molecule has 0 N–H and O–H groups in total. The maximum absolute atomic E-state index is 12.5. The molecule has 0 aromatic heterocycles. The fourth-order valence-electron chi connectivity index (χ4n) is 1.56. The van der Waals surface area contributed by atoms with Crippen molar-refractivity contribution < 1.29 is 13.2 Å². The van der Waals surface area contributed by atoms with Crippen molar-refractivity contribution in [3.05, 3.63) is 42.2 Å². The van der Waals surface area contributed by atoms with Crippen LogP contribution in [0.4, 0.5) is 18.9 Å². The number of anilines is 1. The first kappa shape index (κ1) is 10.9. The molecule has 1 aliphatic rings. The van der Waals surface area contributed by atoms with E-state index < -0.39 is 11.7 Å². The highest BCUT2D eigenvalue weighted by molar-refractivity contribution is 5.52. The molecule has 0 radical (unpaired) electrons. The molecule has 0 bridgehead atoms. The summed E-state index contributed by atoms with van der Waals surface area (Å²) in [5.41, 5.74) is -0.0663. The van der Waals surface area contributed by atoms with Crippen molar-refractivity contribution in [3.8, 4) is 0 Å². The van der Waals surface area contributed by atoms with Crippen molar-refractivity contribution in [3.63, 3.8) is 0 Å². The lowest BCUT2D eigenvalue weighted by atomic mass is 10.2. The van der Waals surface area contributed by atoms with Crippen LogP contribution in [0.2, 0.25) is 0 Å². The van der Waals surface area contributed by atoms with Gasteiger partial charge in [0.05, 0.1) is 12.2 Å². The quantitative estimate of drug-likeness (QED) is 0.729. The molecular weight excluding hydrogens is 217 g/mol. The van der Waals surface area contributed by atoms with Gasteiger partial charge in [0, 0.05) is 25.1 Å². The van der Waals surface area contributed by atoms with E-state index in [1.54, 1.807) is 17.2 Å². The molecular formula is C11H11F3N2. The Bertz CT molecular complexity index is 412. The fourth-order valence-corrected chi connectivity index (χ4v) is 1.56. The zero-order valence-corrected chi connectivity index (χ0v) is 8.70. The van der Waals surface area contributed by atoms with Crippen LogP contribution < -0.4 is 4.90 Å². The van der Waals surface area contributed by atoms with Gasteiger partial charge in [-0.05, 0) is 18.2 Å². The maximum Gasteiger partial charge on any atom is 0.416 e. The number of alkyl halides is 3. The molecule has 2 nitrogen and oxygen atoms in total. The van der Waals surface area contributed by atoms with Crippen molar-refractivity contribution in [2.45, 2.75) is 6.18 Å². The van der Waals surface area contributed by atoms with E-state index in [4.69, 9.17) is 0 Å². The zero-order valence-electron chi connectivity index (χ0n) is 8.70. The smallest absolute Gasteiger partial charge is 0.361 e. The van der Waals surface area contributed by atoms with E-state index in [1.165, 1.54) is 6.07 Å². The number of hydrogen-bond donors (Lipinski definition) is 0. The largest absolute Gasteiger partial charge is 0.416 e. The minimum absolute atomic E-state index is 0.551. The average Bonchev–Trinajstić information content (AvgIpc) is 2.64. The van der Waals surface area contributed by atoms with E-state index in [9.17, 15) is 13.2 Å². The molecule has 86 valence electrons. The summed E-state index contributed by atoms with van der Waals surface area (Å²) in [6, 6.07) is 5.32. The molecule has 5 heteroatoms. The summed E-state index contributed by atoms with van der Waals surface area (Å²) in [6.45, 7) is 0.571. The lowest BCUT2D eigenvalue weighted by Crippen LogP contribution is -2.22. The Hall–Kier alpha value is -1.65. The van der Waals surface area contributed by atoms with E-state index >= 15 is 0 Å². The van der Waals surface area contributed by atoms with Gasteiger partial charge in [-0.3, -0.25) is 0 Å². The van der Waals surface area contributed by atoms with Gasteiger partial charge in [0.2, 0.25) is 0 Å². The second kappa shape index (κ2) is 3.73. The van der Waals surface area contributed by atoms with Gasteiger partial charge in [-0.1, -0.05) is 6.07 Å². The van der Waals surface area contributed by atoms with Crippen LogP contribution >= 0.6 is 0 Å². The molecule has 1 aliphatic heterocycles. The molecule has 0 amide bonds. The summed E-state index contributed by atoms with van der Waals surface area (Å²) in [5, 5.41) is 0. The minimum Gasteiger partial charge on any atom is -0.361 e. The molecule has 1 aromatic rings. The summed E-state index contributed by atoms with van der Waals surface area (Å²) >= 11 is 0. The molecule has 1 aromatic carbocycles. The molecule has 0 saturated heterocycles. The molecule has 0 aliphatic carbocycles. The second-order valence-corrected chi connectivity index (χ2v) is 3.71. The van der Waals surface area contributed by atoms with Crippen LogP contribution in [0.15, 0.2) is 36.7 Å². The maximum atomic E-state index is 12.5. The Labute approximate surface area is 91.6 Å². The number of rotatable bonds is 1. The van der Waals surface area contributed by atoms with Crippen LogP contribution in [-0.2, 0) is 6.18 Å². The average molecular weight is 228 g/mol. The standard InChI is InChI=1S/C11H11F3N2/c1-15-5-6-16(8-15)10-4-2-3-9(7-10)11(12,13)14/h2-7H,8H2,1H3. The van der Waals surface area contributed by atoms with Gasteiger partial charge in [0.15, 0.2) is 0 Å². The van der Waals surface area contributed by atoms with Gasteiger partial charge < -0.3 is 9.80 Å². The lowest BCUT2D eigenvalue weighted by molar-refractivity contribution is -0.137. The third kappa shape index (κ3) is 2.13. The van der Waals surface area contributed by atoms with Gasteiger partial charge in [0.1, 0.15) is 0 Å². The van der Waals surface area contributed by atoms with Crippen LogP contribution in [0.5, 0.6) is 0 Å². The lowest BCUT2D eigenvalue weighted by Gasteiger charge is -2.19. The fraction of sp³-hybridized carbons (Fsp3) is 0.273. The molecule has 0 fully saturated rings. The molecule has 1 heterocycles. The van der Waals surface area contributed by atoms with Crippen molar-refractivity contribution in [2.24, 2.45) is 0 Å². The van der Waals surface area contributed by atoms with E-state index in [0.29, 0.717) is 12.4 Å². The summed E-state index contributed by atoms with van der Waals surface area (Å²) in [5.74, 6) is 0. The molecule has 16 heavy (non-hydrogen) atoms. The molecule has 0 spiro atoms. The van der Waals surface area contributed by atoms with Crippen LogP contribution in [-0.4, -0.2) is 18.6 Å². The van der Waals surface area contributed by atoms with Crippen LogP contribution in [0, 0.1) is 0 Å². The van der Waals surface area contributed by atoms with Crippen molar-refractivity contribution in [1.82, 2.24) is 4.90 Å². The van der Waals surface area contributed by atoms with E-state index in [-0.39, 0.29) is 0 Å². The predicted octanol–water partition coefficient (Wildman–Crippen LogP) is 2.89. The number of nitrogens with zero attached hydrogens (tertiary/aromatic N) is 2. The minimum atomic E-state index is -4.29. The monoisotopic (exact) mass is 228 g/mol. The SMILES string of the molecule is CN1C=CN(c2cccc(C(F)(F)F)c2)C1. The van der Waals surface area contributed by atoms with Crippen LogP contribution in [0.25, 0.3) is 0 Å². The van der Waals surface area contributed by atoms with Crippen molar-refractivity contribution >= 4 is 5.69 Å². The highest BCUT2D eigenvalue weighted by Crippen LogP contribution is 2.32. The predicted molar refractivity (Wildman–Crippen MR) is 55.7 cm³/mol. The molecule has 2 rings (SSSR count). The van der Waals surface area contributed by atoms with Gasteiger partial charge >= 0.3 is 6.18 Å². The Kier molecular flexibility index (Phi) is 2.53. The summed E-state index contributed by atoms with van der Waals surface area (Å²) in [7, 11) is 1.87. The first-order valence-electron chi connectivity index (χ1n) is 4.79. The molecule has 0 unspecified atom stereocenters. The Morgan fingerprint density at radius 2 is 1.94 bits per heavy atom. The summed E-state index contributed by atoms with van der Waals surface area (Å²) < 4.78 is 37.5. The summed E-state index contributed by atoms with van der Waals surface area (Å²) in [6.07, 6.45) is -0.707. The number of hydrogen-bond acceptors (Lipinski definition) is 2. The third-order valence-electron chi connectivity index (χ3n) is 2.38. The van der Waals surface area contributed by atoms with Crippen LogP contribution in [0.1, 0.15) is 5.56 Å². The van der Waals surface area contributed by atoms with Gasteiger partial charge in [-0.2, -0.15) is 13.2 Å². The highest BCUT2D eigenvalue weighted by atomic mass is 19.4. The van der Waals surface area contributed by atoms with E-state index in [0.717, 1.165) is 12.1 Å². The Balaban J connectivity index is 2.27. The Morgan fingerprint density at radius 3 is 2.50 bits per heavy atom. The number of benzene rings is 1. The topological polar surface area (TPSA) is 6.48 Å². The van der Waals surface area contributed by atoms with Crippen LogP contribution in [0.3, 0.4) is 0 Å². The summed E-state index contributed by atoms with van der Waals surface area (Å²) in [4.78, 5) is 3.65. The van der Waals surface area contributed by atoms with Crippen molar-refractivity contribution in [2.75, 3.05) is 18.6 Å². The zero-order chi connectivity index (χ0) is 11.8. The van der Waals surface area contributed by atoms with Gasteiger partial charge in [-0.25, -0.2) is 0 Å². The van der Waals surface area contributed by atoms with Crippen molar-refractivity contribution in [1.29, 1.82) is 0 Å². The first-order valence-corrected chi connectivity index (χ1v) is 4.79. The molecule has 0 atom stereocenters. The second-order valence-electron chi connectivity index (χ2n) is 3.71. The van der Waals surface area contributed by atoms with Gasteiger partial charge in [0.25, 0.3) is 0 Å². The Morgan fingerprint density at radius 1 is 1.19 bits per heavy atom. The highest BCUT2D eigenvalue weighted by Gasteiger charge is 2.30. The third-order valence-corrected chi connectivity index (χ3v) is 2.38. The molecule has 0 saturated carbocycles. The van der Waals surface area contributed by atoms with E-state index in [2.05, 4.69) is 0 Å². The van der Waals surface area contributed by atoms with E-state index in [1.807, 2.05) is 18.1 Å².